The highest BCUT2D eigenvalue weighted by Gasteiger charge is 2.16. The Labute approximate surface area is 175 Å². The Balaban J connectivity index is 1.64. The maximum Gasteiger partial charge on any atom is 0.168 e. The molecule has 0 aliphatic heterocycles. The first-order chi connectivity index (χ1) is 14.5. The number of hydrogen-bond acceptors (Lipinski definition) is 3. The molecule has 0 unspecified atom stereocenters. The average Bonchev–Trinajstić information content (AvgIpc) is 3.33. The minimum Gasteiger partial charge on any atom is -0.331 e. The molecule has 0 aliphatic rings. The third-order valence-electron chi connectivity index (χ3n) is 5.75. The second-order valence-electron chi connectivity index (χ2n) is 7.77. The van der Waals surface area contributed by atoms with Crippen LogP contribution in [0.3, 0.4) is 0 Å². The molecule has 30 heavy (non-hydrogen) atoms. The molecule has 0 bridgehead atoms. The molecule has 0 saturated carbocycles. The van der Waals surface area contributed by atoms with Gasteiger partial charge in [0.25, 0.3) is 0 Å². The lowest BCUT2D eigenvalue weighted by atomic mass is 9.98. The second kappa shape index (κ2) is 6.95. The van der Waals surface area contributed by atoms with Crippen LogP contribution in [0.5, 0.6) is 0 Å². The SMILES string of the molecule is Cc1cc(-c2ccccc2)cc(C)c1-n1cnnc1-c1ccc2nc(C)n(C)c2c1. The summed E-state index contributed by atoms with van der Waals surface area (Å²) in [6.45, 7) is 6.31. The van der Waals surface area contributed by atoms with E-state index in [4.69, 9.17) is 0 Å². The number of imidazole rings is 1. The zero-order chi connectivity index (χ0) is 20.8. The topological polar surface area (TPSA) is 48.5 Å². The lowest BCUT2D eigenvalue weighted by Crippen LogP contribution is -2.02. The maximum absolute atomic E-state index is 4.60. The van der Waals surface area contributed by atoms with Gasteiger partial charge < -0.3 is 4.57 Å². The van der Waals surface area contributed by atoms with Gasteiger partial charge in [0, 0.05) is 12.6 Å². The maximum atomic E-state index is 4.60. The minimum absolute atomic E-state index is 0.828. The fourth-order valence-electron chi connectivity index (χ4n) is 4.18. The van der Waals surface area contributed by atoms with E-state index in [2.05, 4.69) is 92.8 Å². The van der Waals surface area contributed by atoms with Crippen molar-refractivity contribution >= 4 is 11.0 Å². The summed E-state index contributed by atoms with van der Waals surface area (Å²) < 4.78 is 4.19. The van der Waals surface area contributed by atoms with E-state index < -0.39 is 0 Å². The van der Waals surface area contributed by atoms with Gasteiger partial charge in [0.1, 0.15) is 12.2 Å². The average molecular weight is 393 g/mol. The van der Waals surface area contributed by atoms with Crippen molar-refractivity contribution in [2.75, 3.05) is 0 Å². The molecule has 5 heteroatoms. The van der Waals surface area contributed by atoms with E-state index in [1.54, 1.807) is 6.33 Å². The van der Waals surface area contributed by atoms with Crippen molar-refractivity contribution in [3.8, 4) is 28.2 Å². The van der Waals surface area contributed by atoms with E-state index >= 15 is 0 Å². The van der Waals surface area contributed by atoms with Crippen LogP contribution in [0.15, 0.2) is 67.0 Å². The molecule has 2 aromatic heterocycles. The Hall–Kier alpha value is -3.73. The van der Waals surface area contributed by atoms with Crippen molar-refractivity contribution in [2.24, 2.45) is 7.05 Å². The highest BCUT2D eigenvalue weighted by molar-refractivity contribution is 5.81. The summed E-state index contributed by atoms with van der Waals surface area (Å²) in [5, 5.41) is 8.69. The van der Waals surface area contributed by atoms with Crippen molar-refractivity contribution < 1.29 is 0 Å². The first kappa shape index (κ1) is 18.3. The molecule has 0 N–H and O–H groups in total. The molecule has 0 aliphatic carbocycles. The zero-order valence-electron chi connectivity index (χ0n) is 17.6. The van der Waals surface area contributed by atoms with Crippen LogP contribution in [0.4, 0.5) is 0 Å². The van der Waals surface area contributed by atoms with Gasteiger partial charge in [-0.25, -0.2) is 4.98 Å². The fourth-order valence-corrected chi connectivity index (χ4v) is 4.18. The monoisotopic (exact) mass is 393 g/mol. The van der Waals surface area contributed by atoms with Crippen LogP contribution in [0.25, 0.3) is 39.2 Å². The minimum atomic E-state index is 0.828. The Morgan fingerprint density at radius 2 is 1.50 bits per heavy atom. The van der Waals surface area contributed by atoms with E-state index in [0.29, 0.717) is 0 Å². The van der Waals surface area contributed by atoms with Crippen LogP contribution in [0.2, 0.25) is 0 Å². The Kier molecular flexibility index (Phi) is 4.24. The van der Waals surface area contributed by atoms with Crippen LogP contribution in [-0.2, 0) is 7.05 Å². The lowest BCUT2D eigenvalue weighted by Gasteiger charge is -2.15. The normalized spacial score (nSPS) is 11.3. The molecule has 0 spiro atoms. The van der Waals surface area contributed by atoms with Gasteiger partial charge in [0.05, 0.1) is 16.7 Å². The Bertz CT molecular complexity index is 1350. The lowest BCUT2D eigenvalue weighted by molar-refractivity contribution is 0.886. The third-order valence-corrected chi connectivity index (χ3v) is 5.75. The fraction of sp³-hybridized carbons (Fsp3) is 0.160. The first-order valence-corrected chi connectivity index (χ1v) is 10.0. The summed E-state index contributed by atoms with van der Waals surface area (Å²) in [7, 11) is 2.04. The van der Waals surface area contributed by atoms with Crippen LogP contribution in [0, 0.1) is 20.8 Å². The molecular weight excluding hydrogens is 370 g/mol. The smallest absolute Gasteiger partial charge is 0.168 e. The summed E-state index contributed by atoms with van der Waals surface area (Å²) in [6, 6.07) is 21.2. The number of aryl methyl sites for hydroxylation is 4. The molecular formula is C25H23N5. The highest BCUT2D eigenvalue weighted by atomic mass is 15.3. The molecule has 148 valence electrons. The van der Waals surface area contributed by atoms with Gasteiger partial charge in [-0.05, 0) is 73.4 Å². The van der Waals surface area contributed by atoms with E-state index in [-0.39, 0.29) is 0 Å². The Morgan fingerprint density at radius 1 is 0.767 bits per heavy atom. The van der Waals surface area contributed by atoms with Crippen LogP contribution in [0.1, 0.15) is 17.0 Å². The van der Waals surface area contributed by atoms with Gasteiger partial charge in [-0.3, -0.25) is 4.57 Å². The molecule has 0 fully saturated rings. The van der Waals surface area contributed by atoms with E-state index in [1.165, 1.54) is 22.3 Å². The number of nitrogens with zero attached hydrogens (tertiary/aromatic N) is 5. The van der Waals surface area contributed by atoms with E-state index in [1.807, 2.05) is 20.0 Å². The molecule has 0 saturated heterocycles. The standard InChI is InChI=1S/C25H23N5/c1-16-12-21(19-8-6-5-7-9-19)13-17(2)24(16)30-15-26-28-25(30)20-10-11-22-23(14-20)29(4)18(3)27-22/h5-15H,1-4H3. The van der Waals surface area contributed by atoms with E-state index in [0.717, 1.165) is 33.9 Å². The number of benzene rings is 3. The van der Waals surface area contributed by atoms with Crippen molar-refractivity contribution in [3.05, 3.63) is 83.9 Å². The summed E-state index contributed by atoms with van der Waals surface area (Å²) in [6.07, 6.45) is 1.80. The molecule has 0 atom stereocenters. The largest absolute Gasteiger partial charge is 0.331 e. The number of aromatic nitrogens is 5. The third kappa shape index (κ3) is 2.90. The molecule has 3 aromatic carbocycles. The van der Waals surface area contributed by atoms with E-state index in [9.17, 15) is 0 Å². The quantitative estimate of drug-likeness (QED) is 0.412. The summed E-state index contributed by atoms with van der Waals surface area (Å²) >= 11 is 0. The highest BCUT2D eigenvalue weighted by Crippen LogP contribution is 2.31. The van der Waals surface area contributed by atoms with Gasteiger partial charge in [0.2, 0.25) is 0 Å². The summed E-state index contributed by atoms with van der Waals surface area (Å²) in [5.41, 5.74) is 9.04. The number of fused-ring (bicyclic) bond motifs is 1. The summed E-state index contributed by atoms with van der Waals surface area (Å²) in [4.78, 5) is 4.60. The summed E-state index contributed by atoms with van der Waals surface area (Å²) in [5.74, 6) is 1.82. The molecule has 0 radical (unpaired) electrons. The number of rotatable bonds is 3. The predicted molar refractivity (Wildman–Crippen MR) is 121 cm³/mol. The van der Waals surface area contributed by atoms with Crippen LogP contribution in [-0.4, -0.2) is 24.3 Å². The Morgan fingerprint density at radius 3 is 2.23 bits per heavy atom. The van der Waals surface area contributed by atoms with Crippen LogP contribution < -0.4 is 0 Å². The van der Waals surface area contributed by atoms with Gasteiger partial charge in [-0.2, -0.15) is 0 Å². The first-order valence-electron chi connectivity index (χ1n) is 10.0. The number of hydrogen-bond donors (Lipinski definition) is 0. The van der Waals surface area contributed by atoms with Crippen molar-refractivity contribution in [2.45, 2.75) is 20.8 Å². The second-order valence-corrected chi connectivity index (χ2v) is 7.77. The van der Waals surface area contributed by atoms with Gasteiger partial charge in [0.15, 0.2) is 5.82 Å². The molecule has 0 amide bonds. The molecule has 5 rings (SSSR count). The predicted octanol–water partition coefficient (Wildman–Crippen LogP) is 5.41. The van der Waals surface area contributed by atoms with Crippen LogP contribution >= 0.6 is 0 Å². The molecule has 5 aromatic rings. The molecule has 5 nitrogen and oxygen atoms in total. The van der Waals surface area contributed by atoms with Crippen molar-refractivity contribution in [3.63, 3.8) is 0 Å². The zero-order valence-corrected chi connectivity index (χ0v) is 17.6. The molecule has 2 heterocycles. The van der Waals surface area contributed by atoms with Crippen molar-refractivity contribution in [1.82, 2.24) is 24.3 Å². The van der Waals surface area contributed by atoms with Crippen molar-refractivity contribution in [1.29, 1.82) is 0 Å². The van der Waals surface area contributed by atoms with Gasteiger partial charge in [-0.1, -0.05) is 30.3 Å². The van der Waals surface area contributed by atoms with Gasteiger partial charge >= 0.3 is 0 Å². The van der Waals surface area contributed by atoms with Gasteiger partial charge in [-0.15, -0.1) is 10.2 Å².